The molecule has 1 aromatic rings. The van der Waals surface area contributed by atoms with Crippen LogP contribution in [0, 0.1) is 5.92 Å². The highest BCUT2D eigenvalue weighted by atomic mass is 15.1. The van der Waals surface area contributed by atoms with Crippen molar-refractivity contribution in [1.82, 2.24) is 9.55 Å². The summed E-state index contributed by atoms with van der Waals surface area (Å²) < 4.78 is 2.28. The molecule has 0 amide bonds. The summed E-state index contributed by atoms with van der Waals surface area (Å²) in [6.07, 6.45) is 7.59. The topological polar surface area (TPSA) is 43.8 Å². The Labute approximate surface area is 124 Å². The third-order valence-electron chi connectivity index (χ3n) is 4.64. The van der Waals surface area contributed by atoms with E-state index >= 15 is 0 Å². The van der Waals surface area contributed by atoms with E-state index in [2.05, 4.69) is 32.3 Å². The minimum Gasteiger partial charge on any atom is -0.384 e. The van der Waals surface area contributed by atoms with Crippen LogP contribution in [-0.4, -0.2) is 9.55 Å². The van der Waals surface area contributed by atoms with Gasteiger partial charge in [0, 0.05) is 18.4 Å². The van der Waals surface area contributed by atoms with Crippen molar-refractivity contribution in [2.24, 2.45) is 5.92 Å². The molecule has 2 atom stereocenters. The largest absolute Gasteiger partial charge is 0.384 e. The van der Waals surface area contributed by atoms with Gasteiger partial charge in [0.2, 0.25) is 0 Å². The molecule has 1 fully saturated rings. The molecule has 0 aromatic carbocycles. The van der Waals surface area contributed by atoms with Gasteiger partial charge in [-0.2, -0.15) is 0 Å². The monoisotopic (exact) mass is 277 g/mol. The molecular weight excluding hydrogens is 246 g/mol. The van der Waals surface area contributed by atoms with E-state index in [0.717, 1.165) is 18.3 Å². The zero-order valence-electron chi connectivity index (χ0n) is 13.7. The first kappa shape index (κ1) is 15.4. The van der Waals surface area contributed by atoms with Gasteiger partial charge in [-0.25, -0.2) is 4.98 Å². The van der Waals surface area contributed by atoms with Crippen LogP contribution in [0.1, 0.15) is 89.6 Å². The van der Waals surface area contributed by atoms with Crippen molar-refractivity contribution in [3.8, 4) is 0 Å². The van der Waals surface area contributed by atoms with Crippen LogP contribution >= 0.6 is 0 Å². The average molecular weight is 277 g/mol. The molecule has 114 valence electrons. The molecule has 0 radical (unpaired) electrons. The highest BCUT2D eigenvalue weighted by molar-refractivity contribution is 5.41. The zero-order valence-corrected chi connectivity index (χ0v) is 13.7. The fraction of sp³-hybridized carbons (Fsp3) is 0.824. The van der Waals surface area contributed by atoms with Crippen LogP contribution in [-0.2, 0) is 6.54 Å². The summed E-state index contributed by atoms with van der Waals surface area (Å²) >= 11 is 0. The minimum atomic E-state index is 0.448. The Kier molecular flexibility index (Phi) is 5.11. The predicted molar refractivity (Wildman–Crippen MR) is 86.0 cm³/mol. The Balaban J connectivity index is 2.28. The van der Waals surface area contributed by atoms with Gasteiger partial charge in [-0.05, 0) is 25.2 Å². The molecule has 2 rings (SSSR count). The molecule has 1 aliphatic rings. The number of aromatic nitrogens is 2. The Morgan fingerprint density at radius 1 is 1.35 bits per heavy atom. The second-order valence-corrected chi connectivity index (χ2v) is 6.87. The van der Waals surface area contributed by atoms with E-state index in [-0.39, 0.29) is 0 Å². The van der Waals surface area contributed by atoms with E-state index in [0.29, 0.717) is 11.8 Å². The molecule has 1 aromatic heterocycles. The van der Waals surface area contributed by atoms with Gasteiger partial charge in [0.05, 0.1) is 5.69 Å². The number of nitrogen functional groups attached to an aromatic ring is 1. The highest BCUT2D eigenvalue weighted by Crippen LogP contribution is 2.38. The zero-order chi connectivity index (χ0) is 14.7. The Hall–Kier alpha value is -0.990. The van der Waals surface area contributed by atoms with Gasteiger partial charge in [-0.3, -0.25) is 0 Å². The van der Waals surface area contributed by atoms with Crippen LogP contribution in [0.4, 0.5) is 5.82 Å². The van der Waals surface area contributed by atoms with E-state index in [4.69, 9.17) is 10.7 Å². The second kappa shape index (κ2) is 6.64. The van der Waals surface area contributed by atoms with E-state index < -0.39 is 0 Å². The summed E-state index contributed by atoms with van der Waals surface area (Å²) in [4.78, 5) is 4.96. The van der Waals surface area contributed by atoms with Crippen molar-refractivity contribution < 1.29 is 0 Å². The number of imidazole rings is 1. The standard InChI is InChI=1S/C17H31N3/c1-5-6-10-20-16(18)15(19-17(20)12(2)3)14-9-7-8-13(4)11-14/h12-14H,5-11,18H2,1-4H3. The Morgan fingerprint density at radius 2 is 2.10 bits per heavy atom. The number of rotatable bonds is 5. The van der Waals surface area contributed by atoms with Crippen LogP contribution in [0.2, 0.25) is 0 Å². The summed E-state index contributed by atoms with van der Waals surface area (Å²) in [5.41, 5.74) is 7.65. The molecular formula is C17H31N3. The van der Waals surface area contributed by atoms with Crippen LogP contribution in [0.5, 0.6) is 0 Å². The van der Waals surface area contributed by atoms with Gasteiger partial charge >= 0.3 is 0 Å². The molecule has 1 heterocycles. The molecule has 0 aliphatic heterocycles. The van der Waals surface area contributed by atoms with Gasteiger partial charge in [0.1, 0.15) is 11.6 Å². The summed E-state index contributed by atoms with van der Waals surface area (Å²) in [6.45, 7) is 10.0. The number of nitrogens with two attached hydrogens (primary N) is 1. The molecule has 1 saturated carbocycles. The third kappa shape index (κ3) is 3.18. The lowest BCUT2D eigenvalue weighted by molar-refractivity contribution is 0.341. The van der Waals surface area contributed by atoms with Gasteiger partial charge in [-0.1, -0.05) is 47.0 Å². The summed E-state index contributed by atoms with van der Waals surface area (Å²) in [5, 5.41) is 0. The molecule has 20 heavy (non-hydrogen) atoms. The van der Waals surface area contributed by atoms with Gasteiger partial charge in [-0.15, -0.1) is 0 Å². The van der Waals surface area contributed by atoms with Crippen molar-refractivity contribution >= 4 is 5.82 Å². The lowest BCUT2D eigenvalue weighted by Crippen LogP contribution is -2.14. The first-order chi connectivity index (χ1) is 9.54. The van der Waals surface area contributed by atoms with Gasteiger partial charge < -0.3 is 10.3 Å². The number of hydrogen-bond acceptors (Lipinski definition) is 2. The van der Waals surface area contributed by atoms with Crippen LogP contribution in [0.15, 0.2) is 0 Å². The summed E-state index contributed by atoms with van der Waals surface area (Å²) in [7, 11) is 0. The molecule has 3 heteroatoms. The molecule has 0 spiro atoms. The number of anilines is 1. The van der Waals surface area contributed by atoms with Crippen LogP contribution in [0.25, 0.3) is 0 Å². The smallest absolute Gasteiger partial charge is 0.127 e. The maximum Gasteiger partial charge on any atom is 0.127 e. The van der Waals surface area contributed by atoms with Crippen molar-refractivity contribution in [3.63, 3.8) is 0 Å². The highest BCUT2D eigenvalue weighted by Gasteiger charge is 2.27. The van der Waals surface area contributed by atoms with Crippen molar-refractivity contribution in [2.45, 2.75) is 84.6 Å². The van der Waals surface area contributed by atoms with Crippen LogP contribution in [0.3, 0.4) is 0 Å². The molecule has 2 N–H and O–H groups in total. The second-order valence-electron chi connectivity index (χ2n) is 6.87. The van der Waals surface area contributed by atoms with Gasteiger partial charge in [0.25, 0.3) is 0 Å². The normalized spacial score (nSPS) is 23.4. The van der Waals surface area contributed by atoms with Crippen molar-refractivity contribution in [3.05, 3.63) is 11.5 Å². The van der Waals surface area contributed by atoms with Gasteiger partial charge in [0.15, 0.2) is 0 Å². The minimum absolute atomic E-state index is 0.448. The van der Waals surface area contributed by atoms with Crippen molar-refractivity contribution in [2.75, 3.05) is 5.73 Å². The fourth-order valence-electron chi connectivity index (χ4n) is 3.48. The molecule has 2 unspecified atom stereocenters. The lowest BCUT2D eigenvalue weighted by atomic mass is 9.81. The first-order valence-electron chi connectivity index (χ1n) is 8.40. The summed E-state index contributed by atoms with van der Waals surface area (Å²) in [6, 6.07) is 0. The van der Waals surface area contributed by atoms with E-state index in [9.17, 15) is 0 Å². The van der Waals surface area contributed by atoms with Crippen molar-refractivity contribution in [1.29, 1.82) is 0 Å². The molecule has 1 aliphatic carbocycles. The average Bonchev–Trinajstić information content (AvgIpc) is 2.74. The molecule has 3 nitrogen and oxygen atoms in total. The fourth-order valence-corrected chi connectivity index (χ4v) is 3.48. The lowest BCUT2D eigenvalue weighted by Gasteiger charge is -2.25. The maximum atomic E-state index is 6.46. The SMILES string of the molecule is CCCCn1c(C(C)C)nc(C2CCCC(C)C2)c1N. The first-order valence-corrected chi connectivity index (χ1v) is 8.40. The quantitative estimate of drug-likeness (QED) is 0.849. The Morgan fingerprint density at radius 3 is 2.70 bits per heavy atom. The van der Waals surface area contributed by atoms with Crippen LogP contribution < -0.4 is 5.73 Å². The summed E-state index contributed by atoms with van der Waals surface area (Å²) in [5.74, 6) is 3.98. The van der Waals surface area contributed by atoms with E-state index in [1.165, 1.54) is 50.0 Å². The molecule has 0 bridgehead atoms. The predicted octanol–water partition coefficient (Wildman–Crippen LogP) is 4.68. The maximum absolute atomic E-state index is 6.46. The number of hydrogen-bond donors (Lipinski definition) is 1. The third-order valence-corrected chi connectivity index (χ3v) is 4.64. The Bertz CT molecular complexity index is 434. The molecule has 0 saturated heterocycles. The number of nitrogens with zero attached hydrogens (tertiary/aromatic N) is 2. The number of unbranched alkanes of at least 4 members (excludes halogenated alkanes) is 1. The van der Waals surface area contributed by atoms with E-state index in [1.807, 2.05) is 0 Å². The van der Waals surface area contributed by atoms with E-state index in [1.54, 1.807) is 0 Å².